The lowest BCUT2D eigenvalue weighted by Gasteiger charge is -2.10. The number of nitrogens with one attached hydrogen (secondary N) is 2. The van der Waals surface area contributed by atoms with Crippen molar-refractivity contribution in [1.82, 2.24) is 25.1 Å². The van der Waals surface area contributed by atoms with E-state index >= 15 is 0 Å². The maximum Gasteiger partial charge on any atom is 0.254 e. The van der Waals surface area contributed by atoms with Crippen LogP contribution < -0.4 is 10.6 Å². The number of anilines is 1. The molecule has 0 saturated heterocycles. The molecule has 3 rings (SSSR count). The van der Waals surface area contributed by atoms with E-state index in [1.807, 2.05) is 0 Å². The summed E-state index contributed by atoms with van der Waals surface area (Å²) in [5, 5.41) is 9.04. The summed E-state index contributed by atoms with van der Waals surface area (Å²) in [6, 6.07) is 5.94. The Bertz CT molecular complexity index is 962. The van der Waals surface area contributed by atoms with Crippen molar-refractivity contribution in [3.8, 4) is 5.82 Å². The highest BCUT2D eigenvalue weighted by atomic mass is 19.1. The van der Waals surface area contributed by atoms with E-state index in [0.717, 1.165) is 12.1 Å². The van der Waals surface area contributed by atoms with Crippen LogP contribution in [0.15, 0.2) is 49.2 Å². The van der Waals surface area contributed by atoms with Gasteiger partial charge in [0.1, 0.15) is 24.3 Å². The van der Waals surface area contributed by atoms with Crippen molar-refractivity contribution in [2.24, 2.45) is 0 Å². The number of pyridine rings is 1. The van der Waals surface area contributed by atoms with Gasteiger partial charge in [-0.1, -0.05) is 0 Å². The first-order chi connectivity index (χ1) is 13.0. The van der Waals surface area contributed by atoms with Crippen LogP contribution in [0.3, 0.4) is 0 Å². The van der Waals surface area contributed by atoms with E-state index in [1.54, 1.807) is 18.3 Å². The molecule has 2 heterocycles. The van der Waals surface area contributed by atoms with E-state index in [4.69, 9.17) is 0 Å². The summed E-state index contributed by atoms with van der Waals surface area (Å²) in [5.74, 6) is -2.47. The molecular formula is C17H14F2N6O2. The van der Waals surface area contributed by atoms with Crippen LogP contribution in [0.5, 0.6) is 0 Å². The molecule has 10 heteroatoms. The third-order valence-corrected chi connectivity index (χ3v) is 3.51. The Morgan fingerprint density at radius 2 is 2.04 bits per heavy atom. The number of benzene rings is 1. The molecular weight excluding hydrogens is 358 g/mol. The van der Waals surface area contributed by atoms with Crippen molar-refractivity contribution in [2.75, 3.05) is 11.9 Å². The minimum absolute atomic E-state index is 0.0274. The lowest BCUT2D eigenvalue weighted by molar-refractivity contribution is -0.116. The van der Waals surface area contributed by atoms with Gasteiger partial charge in [-0.2, -0.15) is 5.10 Å². The summed E-state index contributed by atoms with van der Waals surface area (Å²) in [6.45, 7) is -0.0274. The van der Waals surface area contributed by atoms with Crippen LogP contribution in [-0.4, -0.2) is 38.1 Å². The van der Waals surface area contributed by atoms with Gasteiger partial charge in [-0.05, 0) is 24.3 Å². The van der Waals surface area contributed by atoms with Crippen molar-refractivity contribution in [3.05, 3.63) is 66.4 Å². The molecule has 0 aliphatic heterocycles. The average Bonchev–Trinajstić information content (AvgIpc) is 3.16. The fourth-order valence-corrected chi connectivity index (χ4v) is 2.27. The number of hydrogen-bond acceptors (Lipinski definition) is 5. The number of amides is 2. The highest BCUT2D eigenvalue weighted by Crippen LogP contribution is 2.15. The Morgan fingerprint density at radius 1 is 1.19 bits per heavy atom. The smallest absolute Gasteiger partial charge is 0.254 e. The fourth-order valence-electron chi connectivity index (χ4n) is 2.27. The SMILES string of the molecule is O=C(CCNC(=O)c1ccc(F)cc1F)Nc1cccnc1-n1cncn1. The van der Waals surface area contributed by atoms with Crippen LogP contribution >= 0.6 is 0 Å². The summed E-state index contributed by atoms with van der Waals surface area (Å²) < 4.78 is 27.8. The summed E-state index contributed by atoms with van der Waals surface area (Å²) >= 11 is 0. The third kappa shape index (κ3) is 4.48. The number of rotatable bonds is 6. The van der Waals surface area contributed by atoms with Gasteiger partial charge in [0.05, 0.1) is 11.3 Å². The van der Waals surface area contributed by atoms with Gasteiger partial charge in [0.15, 0.2) is 5.82 Å². The first-order valence-corrected chi connectivity index (χ1v) is 7.87. The zero-order valence-electron chi connectivity index (χ0n) is 13.9. The van der Waals surface area contributed by atoms with Crippen LogP contribution in [0.2, 0.25) is 0 Å². The normalized spacial score (nSPS) is 10.4. The molecule has 2 aromatic heterocycles. The molecule has 0 unspecified atom stereocenters. The molecule has 0 aliphatic carbocycles. The van der Waals surface area contributed by atoms with Crippen LogP contribution in [0, 0.1) is 11.6 Å². The van der Waals surface area contributed by atoms with E-state index in [1.165, 1.54) is 17.3 Å². The average molecular weight is 372 g/mol. The number of carbonyl (C=O) groups excluding carboxylic acids is 2. The van der Waals surface area contributed by atoms with Crippen molar-refractivity contribution in [1.29, 1.82) is 0 Å². The molecule has 0 atom stereocenters. The number of carbonyl (C=O) groups is 2. The summed E-state index contributed by atoms with van der Waals surface area (Å²) in [5.41, 5.74) is 0.126. The lowest BCUT2D eigenvalue weighted by atomic mass is 10.2. The van der Waals surface area contributed by atoms with Gasteiger partial charge in [0.25, 0.3) is 5.91 Å². The quantitative estimate of drug-likeness (QED) is 0.686. The van der Waals surface area contributed by atoms with E-state index in [0.29, 0.717) is 17.6 Å². The predicted molar refractivity (Wildman–Crippen MR) is 91.1 cm³/mol. The molecule has 0 fully saturated rings. The molecule has 1 aromatic carbocycles. The van der Waals surface area contributed by atoms with Crippen molar-refractivity contribution >= 4 is 17.5 Å². The Balaban J connectivity index is 1.56. The Kier molecular flexibility index (Phi) is 5.45. The molecule has 8 nitrogen and oxygen atoms in total. The Hall–Kier alpha value is -3.69. The topological polar surface area (TPSA) is 102 Å². The second kappa shape index (κ2) is 8.13. The Morgan fingerprint density at radius 3 is 2.78 bits per heavy atom. The molecule has 0 aliphatic rings. The number of nitrogens with zero attached hydrogens (tertiary/aromatic N) is 4. The minimum Gasteiger partial charge on any atom is -0.351 e. The molecule has 138 valence electrons. The first-order valence-electron chi connectivity index (χ1n) is 7.87. The zero-order chi connectivity index (χ0) is 19.2. The Labute approximate surface area is 152 Å². The van der Waals surface area contributed by atoms with Crippen LogP contribution in [-0.2, 0) is 4.79 Å². The molecule has 0 radical (unpaired) electrons. The first kappa shape index (κ1) is 18.1. The molecule has 0 saturated carbocycles. The molecule has 3 aromatic rings. The van der Waals surface area contributed by atoms with Gasteiger partial charge in [-0.15, -0.1) is 0 Å². The molecule has 0 bridgehead atoms. The van der Waals surface area contributed by atoms with Crippen LogP contribution in [0.1, 0.15) is 16.8 Å². The highest BCUT2D eigenvalue weighted by Gasteiger charge is 2.13. The monoisotopic (exact) mass is 372 g/mol. The number of hydrogen-bond donors (Lipinski definition) is 2. The minimum atomic E-state index is -0.968. The second-order valence-electron chi connectivity index (χ2n) is 5.39. The highest BCUT2D eigenvalue weighted by molar-refractivity contribution is 5.95. The summed E-state index contributed by atoms with van der Waals surface area (Å²) in [6.07, 6.45) is 4.27. The fraction of sp³-hybridized carbons (Fsp3) is 0.118. The van der Waals surface area contributed by atoms with Crippen LogP contribution in [0.25, 0.3) is 5.82 Å². The maximum absolute atomic E-state index is 13.6. The lowest BCUT2D eigenvalue weighted by Crippen LogP contribution is -2.28. The van der Waals surface area contributed by atoms with E-state index in [9.17, 15) is 18.4 Å². The maximum atomic E-state index is 13.6. The van der Waals surface area contributed by atoms with Gasteiger partial charge in [-0.3, -0.25) is 9.59 Å². The molecule has 2 amide bonds. The molecule has 2 N–H and O–H groups in total. The summed E-state index contributed by atoms with van der Waals surface area (Å²) in [7, 11) is 0. The zero-order valence-corrected chi connectivity index (χ0v) is 13.9. The number of halogens is 2. The van der Waals surface area contributed by atoms with Gasteiger partial charge >= 0.3 is 0 Å². The van der Waals surface area contributed by atoms with Crippen LogP contribution in [0.4, 0.5) is 14.5 Å². The number of aromatic nitrogens is 4. The van der Waals surface area contributed by atoms with E-state index in [-0.39, 0.29) is 24.4 Å². The third-order valence-electron chi connectivity index (χ3n) is 3.51. The largest absolute Gasteiger partial charge is 0.351 e. The van der Waals surface area contributed by atoms with Gasteiger partial charge in [0, 0.05) is 25.2 Å². The molecule has 27 heavy (non-hydrogen) atoms. The van der Waals surface area contributed by atoms with Crippen molar-refractivity contribution in [2.45, 2.75) is 6.42 Å². The van der Waals surface area contributed by atoms with E-state index in [2.05, 4.69) is 25.7 Å². The predicted octanol–water partition coefficient (Wildman–Crippen LogP) is 1.70. The van der Waals surface area contributed by atoms with Gasteiger partial charge in [-0.25, -0.2) is 23.4 Å². The second-order valence-corrected chi connectivity index (χ2v) is 5.39. The van der Waals surface area contributed by atoms with E-state index < -0.39 is 17.5 Å². The van der Waals surface area contributed by atoms with Crippen molar-refractivity contribution in [3.63, 3.8) is 0 Å². The molecule has 0 spiro atoms. The summed E-state index contributed by atoms with van der Waals surface area (Å²) in [4.78, 5) is 32.0. The van der Waals surface area contributed by atoms with Gasteiger partial charge in [0.2, 0.25) is 5.91 Å². The van der Waals surface area contributed by atoms with Gasteiger partial charge < -0.3 is 10.6 Å². The standard InChI is InChI=1S/C17H14F2N6O2/c18-11-3-4-12(13(19)8-11)17(27)22-7-5-15(26)24-14-2-1-6-21-16(14)25-10-20-9-23-25/h1-4,6,8-10H,5,7H2,(H,22,27)(H,24,26). The van der Waals surface area contributed by atoms with Crippen molar-refractivity contribution < 1.29 is 18.4 Å².